The molecule has 1 aromatic rings. The lowest BCUT2D eigenvalue weighted by atomic mass is 10.2. The minimum Gasteiger partial charge on any atom is -0.337 e. The lowest BCUT2D eigenvalue weighted by molar-refractivity contribution is -0.132. The summed E-state index contributed by atoms with van der Waals surface area (Å²) in [4.78, 5) is 20.2. The summed E-state index contributed by atoms with van der Waals surface area (Å²) in [6.07, 6.45) is 4.80. The number of carbonyl (C=O) groups is 1. The molecule has 5 nitrogen and oxygen atoms in total. The van der Waals surface area contributed by atoms with Crippen LogP contribution in [0.3, 0.4) is 0 Å². The van der Waals surface area contributed by atoms with Gasteiger partial charge in [-0.05, 0) is 38.7 Å². The Balaban J connectivity index is 2.60. The van der Waals surface area contributed by atoms with Crippen molar-refractivity contribution in [3.63, 3.8) is 0 Å². The molecule has 2 N–H and O–H groups in total. The van der Waals surface area contributed by atoms with Crippen LogP contribution in [0.2, 0.25) is 0 Å². The van der Waals surface area contributed by atoms with E-state index >= 15 is 0 Å². The summed E-state index contributed by atoms with van der Waals surface area (Å²) >= 11 is 0. The lowest BCUT2D eigenvalue weighted by Gasteiger charge is -2.24. The zero-order valence-corrected chi connectivity index (χ0v) is 11.9. The molecule has 1 amide bonds. The third-order valence-electron chi connectivity index (χ3n) is 2.86. The van der Waals surface area contributed by atoms with Crippen LogP contribution in [-0.4, -0.2) is 54.4 Å². The summed E-state index contributed by atoms with van der Waals surface area (Å²) in [5, 5.41) is 0. The minimum absolute atomic E-state index is 0.163. The van der Waals surface area contributed by atoms with E-state index in [0.29, 0.717) is 19.5 Å². The first kappa shape index (κ1) is 15.6. The van der Waals surface area contributed by atoms with Crippen LogP contribution >= 0.6 is 0 Å². The van der Waals surface area contributed by atoms with Gasteiger partial charge in [-0.2, -0.15) is 0 Å². The van der Waals surface area contributed by atoms with Crippen LogP contribution in [0.15, 0.2) is 24.5 Å². The fourth-order valence-corrected chi connectivity index (χ4v) is 1.74. The van der Waals surface area contributed by atoms with Gasteiger partial charge in [0, 0.05) is 38.4 Å². The molecule has 0 fully saturated rings. The number of rotatable bonds is 8. The van der Waals surface area contributed by atoms with Crippen molar-refractivity contribution in [2.45, 2.75) is 19.4 Å². The average molecular weight is 264 g/mol. The number of pyridine rings is 1. The van der Waals surface area contributed by atoms with Gasteiger partial charge in [0.25, 0.3) is 0 Å². The molecule has 0 saturated carbocycles. The van der Waals surface area contributed by atoms with E-state index in [2.05, 4.69) is 9.88 Å². The molecular weight excluding hydrogens is 240 g/mol. The SMILES string of the molecule is CN(C)CCN(Cc1cccnc1)C(=O)CCCN. The second kappa shape index (κ2) is 8.61. The van der Waals surface area contributed by atoms with Gasteiger partial charge < -0.3 is 15.5 Å². The third kappa shape index (κ3) is 6.31. The first-order valence-electron chi connectivity index (χ1n) is 6.65. The average Bonchev–Trinajstić information content (AvgIpc) is 2.41. The van der Waals surface area contributed by atoms with Crippen LogP contribution in [0.25, 0.3) is 0 Å². The minimum atomic E-state index is 0.163. The molecule has 106 valence electrons. The second-order valence-corrected chi connectivity index (χ2v) is 4.87. The molecule has 1 rings (SSSR count). The largest absolute Gasteiger partial charge is 0.337 e. The van der Waals surface area contributed by atoms with Gasteiger partial charge in [-0.25, -0.2) is 0 Å². The van der Waals surface area contributed by atoms with Crippen LogP contribution in [0.4, 0.5) is 0 Å². The monoisotopic (exact) mass is 264 g/mol. The molecule has 0 radical (unpaired) electrons. The number of amides is 1. The van der Waals surface area contributed by atoms with E-state index in [-0.39, 0.29) is 5.91 Å². The number of aromatic nitrogens is 1. The van der Waals surface area contributed by atoms with Crippen molar-refractivity contribution in [2.75, 3.05) is 33.7 Å². The highest BCUT2D eigenvalue weighted by Crippen LogP contribution is 2.06. The van der Waals surface area contributed by atoms with Crippen molar-refractivity contribution >= 4 is 5.91 Å². The lowest BCUT2D eigenvalue weighted by Crippen LogP contribution is -2.36. The Hall–Kier alpha value is -1.46. The van der Waals surface area contributed by atoms with Crippen LogP contribution in [0.5, 0.6) is 0 Å². The highest BCUT2D eigenvalue weighted by atomic mass is 16.2. The number of likely N-dealkylation sites (N-methyl/N-ethyl adjacent to an activating group) is 1. The maximum Gasteiger partial charge on any atom is 0.222 e. The molecule has 0 unspecified atom stereocenters. The van der Waals surface area contributed by atoms with E-state index in [4.69, 9.17) is 5.73 Å². The van der Waals surface area contributed by atoms with Crippen LogP contribution in [-0.2, 0) is 11.3 Å². The molecule has 5 heteroatoms. The maximum atomic E-state index is 12.2. The van der Waals surface area contributed by atoms with Crippen molar-refractivity contribution in [3.8, 4) is 0 Å². The Morgan fingerprint density at radius 1 is 1.37 bits per heavy atom. The zero-order chi connectivity index (χ0) is 14.1. The molecule has 1 heterocycles. The summed E-state index contributed by atoms with van der Waals surface area (Å²) in [6, 6.07) is 3.88. The van der Waals surface area contributed by atoms with Crippen molar-refractivity contribution in [3.05, 3.63) is 30.1 Å². The summed E-state index contributed by atoms with van der Waals surface area (Å²) in [6.45, 7) is 2.76. The van der Waals surface area contributed by atoms with Crippen LogP contribution < -0.4 is 5.73 Å². The summed E-state index contributed by atoms with van der Waals surface area (Å²) in [7, 11) is 4.01. The first-order valence-corrected chi connectivity index (χ1v) is 6.65. The molecule has 0 aliphatic rings. The van der Waals surface area contributed by atoms with Gasteiger partial charge in [-0.1, -0.05) is 6.07 Å². The van der Waals surface area contributed by atoms with Gasteiger partial charge >= 0.3 is 0 Å². The van der Waals surface area contributed by atoms with E-state index in [0.717, 1.165) is 25.1 Å². The van der Waals surface area contributed by atoms with Crippen LogP contribution in [0, 0.1) is 0 Å². The van der Waals surface area contributed by atoms with E-state index in [1.165, 1.54) is 0 Å². The topological polar surface area (TPSA) is 62.5 Å². The predicted molar refractivity (Wildman–Crippen MR) is 76.5 cm³/mol. The van der Waals surface area contributed by atoms with Gasteiger partial charge in [0.15, 0.2) is 0 Å². The number of hydrogen-bond donors (Lipinski definition) is 1. The molecule has 1 aromatic heterocycles. The molecule has 0 saturated heterocycles. The van der Waals surface area contributed by atoms with E-state index in [9.17, 15) is 4.79 Å². The molecule has 0 atom stereocenters. The van der Waals surface area contributed by atoms with E-state index in [1.807, 2.05) is 31.1 Å². The molecule has 0 bridgehead atoms. The van der Waals surface area contributed by atoms with Gasteiger partial charge in [0.1, 0.15) is 0 Å². The Morgan fingerprint density at radius 2 is 2.16 bits per heavy atom. The zero-order valence-electron chi connectivity index (χ0n) is 11.9. The van der Waals surface area contributed by atoms with Gasteiger partial charge in [0.2, 0.25) is 5.91 Å². The fourth-order valence-electron chi connectivity index (χ4n) is 1.74. The van der Waals surface area contributed by atoms with Crippen molar-refractivity contribution in [2.24, 2.45) is 5.73 Å². The summed E-state index contributed by atoms with van der Waals surface area (Å²) in [5.74, 6) is 0.163. The van der Waals surface area contributed by atoms with Gasteiger partial charge in [-0.15, -0.1) is 0 Å². The van der Waals surface area contributed by atoms with E-state index in [1.54, 1.807) is 12.4 Å². The Kier molecular flexibility index (Phi) is 7.07. The molecule has 19 heavy (non-hydrogen) atoms. The van der Waals surface area contributed by atoms with Crippen molar-refractivity contribution < 1.29 is 4.79 Å². The standard InChI is InChI=1S/C14H24N4O/c1-17(2)9-10-18(14(19)6-3-7-15)12-13-5-4-8-16-11-13/h4-5,8,11H,3,6-7,9-10,12,15H2,1-2H3. The summed E-state index contributed by atoms with van der Waals surface area (Å²) in [5.41, 5.74) is 6.52. The van der Waals surface area contributed by atoms with E-state index < -0.39 is 0 Å². The maximum absolute atomic E-state index is 12.2. The Bertz CT molecular complexity index is 367. The van der Waals surface area contributed by atoms with Crippen molar-refractivity contribution in [1.82, 2.24) is 14.8 Å². The first-order chi connectivity index (χ1) is 9.13. The van der Waals surface area contributed by atoms with Gasteiger partial charge in [0.05, 0.1) is 0 Å². The third-order valence-corrected chi connectivity index (χ3v) is 2.86. The summed E-state index contributed by atoms with van der Waals surface area (Å²) < 4.78 is 0. The predicted octanol–water partition coefficient (Wildman–Crippen LogP) is 0.711. The molecular formula is C14H24N4O. The fraction of sp³-hybridized carbons (Fsp3) is 0.571. The highest BCUT2D eigenvalue weighted by Gasteiger charge is 2.13. The molecule has 0 spiro atoms. The number of nitrogens with two attached hydrogens (primary N) is 1. The molecule has 0 aromatic carbocycles. The van der Waals surface area contributed by atoms with Crippen LogP contribution in [0.1, 0.15) is 18.4 Å². The number of nitrogens with zero attached hydrogens (tertiary/aromatic N) is 3. The number of hydrogen-bond acceptors (Lipinski definition) is 4. The Morgan fingerprint density at radius 3 is 2.74 bits per heavy atom. The van der Waals surface area contributed by atoms with Crippen molar-refractivity contribution in [1.29, 1.82) is 0 Å². The smallest absolute Gasteiger partial charge is 0.222 e. The highest BCUT2D eigenvalue weighted by molar-refractivity contribution is 5.76. The number of carbonyl (C=O) groups excluding carboxylic acids is 1. The molecule has 0 aliphatic carbocycles. The second-order valence-electron chi connectivity index (χ2n) is 4.87. The quantitative estimate of drug-likeness (QED) is 0.751. The molecule has 0 aliphatic heterocycles. The normalized spacial score (nSPS) is 10.7. The Labute approximate surface area is 115 Å². The van der Waals surface area contributed by atoms with Gasteiger partial charge in [-0.3, -0.25) is 9.78 Å².